The van der Waals surface area contributed by atoms with Gasteiger partial charge in [-0.05, 0) is 55.4 Å². The van der Waals surface area contributed by atoms with Gasteiger partial charge in [0.25, 0.3) is 0 Å². The van der Waals surface area contributed by atoms with Crippen LogP contribution in [0.1, 0.15) is 60.0 Å². The first-order chi connectivity index (χ1) is 13.4. The molecule has 2 N–H and O–H groups in total. The van der Waals surface area contributed by atoms with Gasteiger partial charge in [-0.3, -0.25) is 4.79 Å². The predicted molar refractivity (Wildman–Crippen MR) is 110 cm³/mol. The number of likely N-dealkylation sites (tertiary alicyclic amines) is 1. The maximum absolute atomic E-state index is 11.9. The lowest BCUT2D eigenvalue weighted by atomic mass is 9.51. The summed E-state index contributed by atoms with van der Waals surface area (Å²) in [6.07, 6.45) is 8.57. The Kier molecular flexibility index (Phi) is 4.22. The number of carbonyl (C=O) groups excluding carboxylic acids is 1. The van der Waals surface area contributed by atoms with Crippen molar-refractivity contribution < 1.29 is 14.0 Å². The van der Waals surface area contributed by atoms with E-state index in [-0.39, 0.29) is 11.3 Å². The van der Waals surface area contributed by atoms with E-state index in [0.717, 1.165) is 36.9 Å². The number of nitrogens with two attached hydrogens (primary N) is 1. The second-order valence-corrected chi connectivity index (χ2v) is 10.0. The molecule has 150 valence electrons. The van der Waals surface area contributed by atoms with Crippen LogP contribution < -0.4 is 5.73 Å². The topological polar surface area (TPSA) is 52.3 Å². The number of hydrogen-bond donors (Lipinski definition) is 1. The Hall–Kier alpha value is -1.65. The molecule has 3 fully saturated rings. The van der Waals surface area contributed by atoms with Crippen molar-refractivity contribution in [1.82, 2.24) is 0 Å². The zero-order valence-electron chi connectivity index (χ0n) is 17.1. The number of benzene rings is 1. The number of piperidine rings is 1. The van der Waals surface area contributed by atoms with Crippen LogP contribution in [0.25, 0.3) is 0 Å². The summed E-state index contributed by atoms with van der Waals surface area (Å²) in [6, 6.07) is 6.86. The molecular formula is C24H33N2O2+. The van der Waals surface area contributed by atoms with E-state index in [4.69, 9.17) is 10.5 Å². The summed E-state index contributed by atoms with van der Waals surface area (Å²) in [5.41, 5.74) is 10.6. The largest absolute Gasteiger partial charge is 0.372 e. The quantitative estimate of drug-likeness (QED) is 0.645. The molecule has 2 aliphatic heterocycles. The Balaban J connectivity index is 1.58. The van der Waals surface area contributed by atoms with Gasteiger partial charge in [0.1, 0.15) is 12.6 Å². The van der Waals surface area contributed by atoms with Gasteiger partial charge in [0.15, 0.2) is 0 Å². The van der Waals surface area contributed by atoms with E-state index < -0.39 is 0 Å². The van der Waals surface area contributed by atoms with Crippen molar-refractivity contribution in [2.24, 2.45) is 11.7 Å². The third-order valence-electron chi connectivity index (χ3n) is 8.42. The Bertz CT molecular complexity index is 828. The summed E-state index contributed by atoms with van der Waals surface area (Å²) < 4.78 is 7.18. The normalized spacial score (nSPS) is 39.3. The molecule has 28 heavy (non-hydrogen) atoms. The van der Waals surface area contributed by atoms with Crippen molar-refractivity contribution in [2.45, 2.75) is 62.5 Å². The van der Waals surface area contributed by atoms with Gasteiger partial charge in [0.05, 0.1) is 19.6 Å². The number of allylic oxidation sites excluding steroid dienone is 1. The first-order valence-electron chi connectivity index (χ1n) is 11.0. The fraction of sp³-hybridized carbons (Fsp3) is 0.625. The molecule has 3 unspecified atom stereocenters. The maximum Gasteiger partial charge on any atom is 0.248 e. The monoisotopic (exact) mass is 381 g/mol. The third kappa shape index (κ3) is 2.68. The van der Waals surface area contributed by atoms with Gasteiger partial charge >= 0.3 is 0 Å². The van der Waals surface area contributed by atoms with Crippen LogP contribution in [0.5, 0.6) is 0 Å². The minimum absolute atomic E-state index is 0.146. The summed E-state index contributed by atoms with van der Waals surface area (Å²) in [7, 11) is 2.47. The number of carbonyl (C=O) groups is 1. The van der Waals surface area contributed by atoms with Gasteiger partial charge in [-0.25, -0.2) is 0 Å². The molecule has 5 rings (SSSR count). The minimum atomic E-state index is -0.317. The van der Waals surface area contributed by atoms with Gasteiger partial charge in [-0.2, -0.15) is 0 Å². The highest BCUT2D eigenvalue weighted by Crippen LogP contribution is 2.58. The van der Waals surface area contributed by atoms with Crippen LogP contribution >= 0.6 is 0 Å². The molecule has 0 radical (unpaired) electrons. The molecule has 4 heteroatoms. The van der Waals surface area contributed by atoms with Crippen molar-refractivity contribution in [3.63, 3.8) is 0 Å². The van der Waals surface area contributed by atoms with Crippen LogP contribution in [-0.4, -0.2) is 49.3 Å². The van der Waals surface area contributed by atoms with Gasteiger partial charge < -0.3 is 15.0 Å². The zero-order valence-corrected chi connectivity index (χ0v) is 17.1. The van der Waals surface area contributed by atoms with Gasteiger partial charge in [-0.15, -0.1) is 0 Å². The average Bonchev–Trinajstić information content (AvgIpc) is 3.17. The lowest BCUT2D eigenvalue weighted by Gasteiger charge is -2.62. The van der Waals surface area contributed by atoms with Crippen molar-refractivity contribution in [3.8, 4) is 0 Å². The molecule has 2 heterocycles. The number of nitrogens with zero attached hydrogens (tertiary/aromatic N) is 1. The summed E-state index contributed by atoms with van der Waals surface area (Å²) in [4.78, 5) is 11.9. The second kappa shape index (κ2) is 6.43. The van der Waals surface area contributed by atoms with E-state index in [1.807, 2.05) is 6.07 Å². The van der Waals surface area contributed by atoms with Crippen molar-refractivity contribution in [3.05, 3.63) is 47.0 Å². The zero-order chi connectivity index (χ0) is 19.5. The van der Waals surface area contributed by atoms with Crippen LogP contribution in [0.2, 0.25) is 0 Å². The summed E-state index contributed by atoms with van der Waals surface area (Å²) in [5.74, 6) is 0.344. The first kappa shape index (κ1) is 18.4. The molecule has 1 aromatic carbocycles. The third-order valence-corrected chi connectivity index (χ3v) is 8.42. The smallest absolute Gasteiger partial charge is 0.248 e. The van der Waals surface area contributed by atoms with E-state index in [0.29, 0.717) is 23.6 Å². The van der Waals surface area contributed by atoms with Crippen LogP contribution in [0.3, 0.4) is 0 Å². The fourth-order valence-electron chi connectivity index (χ4n) is 7.06. The lowest BCUT2D eigenvalue weighted by Crippen LogP contribution is -2.69. The molecule has 0 aromatic heterocycles. The number of ether oxygens (including phenoxy) is 1. The van der Waals surface area contributed by atoms with E-state index in [9.17, 15) is 4.79 Å². The lowest BCUT2D eigenvalue weighted by molar-refractivity contribution is -0.947. The molecule has 4 nitrogen and oxygen atoms in total. The number of primary amides is 1. The summed E-state index contributed by atoms with van der Waals surface area (Å²) in [5, 5.41) is 0. The van der Waals surface area contributed by atoms with Crippen LogP contribution in [0.4, 0.5) is 0 Å². The average molecular weight is 382 g/mol. The molecule has 5 atom stereocenters. The Morgan fingerprint density at radius 3 is 3.00 bits per heavy atom. The Morgan fingerprint density at radius 1 is 1.39 bits per heavy atom. The van der Waals surface area contributed by atoms with E-state index >= 15 is 0 Å². The van der Waals surface area contributed by atoms with E-state index in [2.05, 4.69) is 25.8 Å². The molecule has 2 bridgehead atoms. The van der Waals surface area contributed by atoms with Gasteiger partial charge in [0.2, 0.25) is 5.91 Å². The van der Waals surface area contributed by atoms with Crippen LogP contribution in [-0.2, 0) is 16.6 Å². The SMILES string of the molecule is C=C1CCC2C3Cc4ccc(C(N)=O)cc4C2(CC[N@@+]3(C)C[C@@H]2CCCO2)C1. The molecule has 1 saturated carbocycles. The molecule has 2 saturated heterocycles. The molecule has 2 aliphatic carbocycles. The molecule has 4 aliphatic rings. The molecule has 1 aromatic rings. The highest BCUT2D eigenvalue weighted by atomic mass is 16.5. The highest BCUT2D eigenvalue weighted by molar-refractivity contribution is 5.93. The van der Waals surface area contributed by atoms with Gasteiger partial charge in [-0.1, -0.05) is 18.2 Å². The summed E-state index contributed by atoms with van der Waals surface area (Å²) >= 11 is 0. The van der Waals surface area contributed by atoms with Crippen molar-refractivity contribution in [1.29, 1.82) is 0 Å². The highest BCUT2D eigenvalue weighted by Gasteiger charge is 2.60. The number of rotatable bonds is 3. The second-order valence-electron chi connectivity index (χ2n) is 10.0. The number of amides is 1. The van der Waals surface area contributed by atoms with Crippen LogP contribution in [0.15, 0.2) is 30.4 Å². The van der Waals surface area contributed by atoms with Gasteiger partial charge in [0, 0.05) is 36.3 Å². The first-order valence-corrected chi connectivity index (χ1v) is 11.0. The number of hydrogen-bond acceptors (Lipinski definition) is 2. The Labute approximate surface area is 168 Å². The fourth-order valence-corrected chi connectivity index (χ4v) is 7.06. The maximum atomic E-state index is 11.9. The number of quaternary nitrogens is 1. The van der Waals surface area contributed by atoms with Crippen molar-refractivity contribution >= 4 is 5.91 Å². The van der Waals surface area contributed by atoms with Crippen LogP contribution in [0, 0.1) is 5.92 Å². The number of likely N-dealkylation sites (N-methyl/N-ethyl adjacent to an activating group) is 1. The summed E-state index contributed by atoms with van der Waals surface area (Å²) in [6.45, 7) is 7.65. The van der Waals surface area contributed by atoms with Crippen molar-refractivity contribution in [2.75, 3.05) is 26.7 Å². The number of fused-ring (bicyclic) bond motifs is 1. The standard InChI is InChI=1S/C24H32N2O2/c1-16-5-8-20-22-13-17-6-7-18(23(25)27)12-21(17)24(20,14-16)9-10-26(22,2)15-19-4-3-11-28-19/h6-7,12,19-20,22H,1,3-5,8-11,13-15H2,2H3,(H-,25,27)/p+1/t19-,20?,22?,24?,26-/m0/s1. The minimum Gasteiger partial charge on any atom is -0.372 e. The molecule has 1 amide bonds. The van der Waals surface area contributed by atoms with E-state index in [1.165, 1.54) is 48.9 Å². The molecular weight excluding hydrogens is 348 g/mol. The molecule has 0 spiro atoms. The van der Waals surface area contributed by atoms with E-state index in [1.54, 1.807) is 0 Å². The predicted octanol–water partition coefficient (Wildman–Crippen LogP) is 3.33. The Morgan fingerprint density at radius 2 is 2.25 bits per heavy atom.